The highest BCUT2D eigenvalue weighted by Gasteiger charge is 2.22. The molecule has 7 heteroatoms. The minimum atomic E-state index is -3.44. The number of aromatic nitrogens is 1. The van der Waals surface area contributed by atoms with Gasteiger partial charge in [0.1, 0.15) is 10.7 Å². The molecule has 1 unspecified atom stereocenters. The van der Waals surface area contributed by atoms with E-state index in [4.69, 9.17) is 0 Å². The van der Waals surface area contributed by atoms with Crippen LogP contribution in [0.4, 0.5) is 5.82 Å². The summed E-state index contributed by atoms with van der Waals surface area (Å²) in [6.45, 7) is 5.96. The second-order valence-corrected chi connectivity index (χ2v) is 8.53. The molecule has 26 heavy (non-hydrogen) atoms. The van der Waals surface area contributed by atoms with Crippen LogP contribution in [-0.2, 0) is 16.6 Å². The third-order valence-electron chi connectivity index (χ3n) is 4.95. The number of pyridine rings is 1. The summed E-state index contributed by atoms with van der Waals surface area (Å²) in [6.07, 6.45) is 2.47. The molecule has 3 rings (SSSR count). The molecule has 1 fully saturated rings. The second-order valence-electron chi connectivity index (χ2n) is 6.64. The van der Waals surface area contributed by atoms with Gasteiger partial charge in [-0.25, -0.2) is 18.1 Å². The van der Waals surface area contributed by atoms with Crippen LogP contribution in [0.2, 0.25) is 0 Å². The fourth-order valence-corrected chi connectivity index (χ4v) is 3.90. The summed E-state index contributed by atoms with van der Waals surface area (Å²) in [7, 11) is -2.04. The average Bonchev–Trinajstić information content (AvgIpc) is 2.85. The van der Waals surface area contributed by atoms with E-state index in [-0.39, 0.29) is 4.90 Å². The van der Waals surface area contributed by atoms with Crippen molar-refractivity contribution < 1.29 is 8.42 Å². The lowest BCUT2D eigenvalue weighted by molar-refractivity contribution is 0.212. The number of anilines is 1. The van der Waals surface area contributed by atoms with Gasteiger partial charge in [-0.15, -0.1) is 0 Å². The van der Waals surface area contributed by atoms with Crippen molar-refractivity contribution in [2.45, 2.75) is 30.8 Å². The smallest absolute Gasteiger partial charge is 0.241 e. The Hall–Kier alpha value is -1.96. The Kier molecular flexibility index (Phi) is 5.90. The van der Waals surface area contributed by atoms with E-state index in [1.165, 1.54) is 18.8 Å². The number of rotatable bonds is 5. The van der Waals surface area contributed by atoms with Gasteiger partial charge in [0.2, 0.25) is 10.0 Å². The molecule has 2 heterocycles. The van der Waals surface area contributed by atoms with Crippen molar-refractivity contribution in [2.24, 2.45) is 0 Å². The molecule has 0 aliphatic carbocycles. The summed E-state index contributed by atoms with van der Waals surface area (Å²) in [5.74, 6) is 0.828. The van der Waals surface area contributed by atoms with E-state index < -0.39 is 10.0 Å². The Morgan fingerprint density at radius 1 is 1.12 bits per heavy atom. The molecule has 1 aromatic carbocycles. The van der Waals surface area contributed by atoms with Crippen molar-refractivity contribution in [2.75, 3.05) is 31.6 Å². The number of hydrogen-bond donors (Lipinski definition) is 1. The largest absolute Gasteiger partial charge is 0.355 e. The Labute approximate surface area is 155 Å². The van der Waals surface area contributed by atoms with Gasteiger partial charge in [-0.05, 0) is 38.1 Å². The molecule has 1 saturated heterocycles. The highest BCUT2D eigenvalue weighted by atomic mass is 32.2. The van der Waals surface area contributed by atoms with E-state index in [1.54, 1.807) is 12.1 Å². The van der Waals surface area contributed by atoms with Crippen LogP contribution in [0.5, 0.6) is 0 Å². The van der Waals surface area contributed by atoms with Crippen LogP contribution in [0.15, 0.2) is 53.6 Å². The van der Waals surface area contributed by atoms with Crippen molar-refractivity contribution >= 4 is 15.8 Å². The van der Waals surface area contributed by atoms with Gasteiger partial charge in [0.25, 0.3) is 0 Å². The lowest BCUT2D eigenvalue weighted by Crippen LogP contribution is -2.34. The second kappa shape index (κ2) is 8.16. The minimum Gasteiger partial charge on any atom is -0.355 e. The Bertz CT molecular complexity index is 809. The van der Waals surface area contributed by atoms with Crippen molar-refractivity contribution in [1.29, 1.82) is 0 Å². The standard InChI is InChI=1S/C19H26N4O2S/c1-16-10-11-22(12-13-23(16)15-17-6-4-3-5-7-17)19-9-8-18(14-21-19)26(24,25)20-2/h3-9,14,16,20H,10-13,15H2,1-2H3. The van der Waals surface area contributed by atoms with Gasteiger partial charge in [0.15, 0.2) is 0 Å². The van der Waals surface area contributed by atoms with Crippen molar-refractivity contribution in [1.82, 2.24) is 14.6 Å². The fraction of sp³-hybridized carbons (Fsp3) is 0.421. The average molecular weight is 375 g/mol. The number of nitrogens with one attached hydrogen (secondary N) is 1. The first-order valence-corrected chi connectivity index (χ1v) is 10.4. The maximum Gasteiger partial charge on any atom is 0.241 e. The molecule has 140 valence electrons. The van der Waals surface area contributed by atoms with Crippen molar-refractivity contribution in [3.05, 3.63) is 54.2 Å². The van der Waals surface area contributed by atoms with Gasteiger partial charge in [-0.3, -0.25) is 4.90 Å². The molecule has 1 aliphatic rings. The zero-order valence-corrected chi connectivity index (χ0v) is 16.1. The SMILES string of the molecule is CNS(=O)(=O)c1ccc(N2CCC(C)N(Cc3ccccc3)CC2)nc1. The van der Waals surface area contributed by atoms with Crippen LogP contribution in [0.25, 0.3) is 0 Å². The van der Waals surface area contributed by atoms with E-state index in [2.05, 4.69) is 50.7 Å². The van der Waals surface area contributed by atoms with Crippen LogP contribution in [-0.4, -0.2) is 51.0 Å². The third kappa shape index (κ3) is 4.41. The molecule has 0 saturated carbocycles. The van der Waals surface area contributed by atoms with E-state index in [0.717, 1.165) is 38.4 Å². The van der Waals surface area contributed by atoms with Gasteiger partial charge in [-0.1, -0.05) is 30.3 Å². The first kappa shape index (κ1) is 18.8. The summed E-state index contributed by atoms with van der Waals surface area (Å²) >= 11 is 0. The lowest BCUT2D eigenvalue weighted by atomic mass is 10.1. The molecule has 0 spiro atoms. The van der Waals surface area contributed by atoms with Crippen LogP contribution >= 0.6 is 0 Å². The molecular formula is C19H26N4O2S. The zero-order valence-electron chi connectivity index (χ0n) is 15.3. The molecule has 0 amide bonds. The van der Waals surface area contributed by atoms with E-state index in [1.807, 2.05) is 6.07 Å². The molecule has 0 bridgehead atoms. The molecule has 6 nitrogen and oxygen atoms in total. The molecule has 1 N–H and O–H groups in total. The van der Waals surface area contributed by atoms with Crippen LogP contribution in [0, 0.1) is 0 Å². The molecule has 1 aromatic heterocycles. The summed E-state index contributed by atoms with van der Waals surface area (Å²) in [4.78, 5) is 9.30. The quantitative estimate of drug-likeness (QED) is 0.868. The maximum absolute atomic E-state index is 11.8. The van der Waals surface area contributed by atoms with Gasteiger partial charge in [-0.2, -0.15) is 0 Å². The van der Waals surface area contributed by atoms with Gasteiger partial charge >= 0.3 is 0 Å². The van der Waals surface area contributed by atoms with Gasteiger partial charge in [0.05, 0.1) is 0 Å². The monoisotopic (exact) mass is 374 g/mol. The van der Waals surface area contributed by atoms with Crippen LogP contribution < -0.4 is 9.62 Å². The number of sulfonamides is 1. The van der Waals surface area contributed by atoms with Gasteiger partial charge in [0, 0.05) is 38.4 Å². The minimum absolute atomic E-state index is 0.192. The Morgan fingerprint density at radius 2 is 1.88 bits per heavy atom. The van der Waals surface area contributed by atoms with Crippen molar-refractivity contribution in [3.8, 4) is 0 Å². The number of hydrogen-bond acceptors (Lipinski definition) is 5. The predicted molar refractivity (Wildman–Crippen MR) is 104 cm³/mol. The van der Waals surface area contributed by atoms with Gasteiger partial charge < -0.3 is 4.90 Å². The lowest BCUT2D eigenvalue weighted by Gasteiger charge is -2.26. The summed E-state index contributed by atoms with van der Waals surface area (Å²) in [5.41, 5.74) is 1.33. The summed E-state index contributed by atoms with van der Waals surface area (Å²) in [6, 6.07) is 14.4. The first-order chi connectivity index (χ1) is 12.5. The molecule has 0 radical (unpaired) electrons. The van der Waals surface area contributed by atoms with Crippen molar-refractivity contribution in [3.63, 3.8) is 0 Å². The topological polar surface area (TPSA) is 65.5 Å². The zero-order chi connectivity index (χ0) is 18.6. The van der Waals surface area contributed by atoms with E-state index >= 15 is 0 Å². The maximum atomic E-state index is 11.8. The Balaban J connectivity index is 1.68. The molecule has 1 aliphatic heterocycles. The van der Waals surface area contributed by atoms with Crippen LogP contribution in [0.3, 0.4) is 0 Å². The molecular weight excluding hydrogens is 348 g/mol. The Morgan fingerprint density at radius 3 is 2.54 bits per heavy atom. The third-order valence-corrected chi connectivity index (χ3v) is 6.35. The number of nitrogens with zero attached hydrogens (tertiary/aromatic N) is 3. The highest BCUT2D eigenvalue weighted by Crippen LogP contribution is 2.20. The summed E-state index contributed by atoms with van der Waals surface area (Å²) < 4.78 is 26.0. The molecule has 1 atom stereocenters. The normalized spacial score (nSPS) is 19.3. The fourth-order valence-electron chi connectivity index (χ4n) is 3.22. The van der Waals surface area contributed by atoms with E-state index in [0.29, 0.717) is 6.04 Å². The van der Waals surface area contributed by atoms with E-state index in [9.17, 15) is 8.42 Å². The summed E-state index contributed by atoms with van der Waals surface area (Å²) in [5, 5.41) is 0. The first-order valence-electron chi connectivity index (χ1n) is 8.92. The van der Waals surface area contributed by atoms with Crippen LogP contribution in [0.1, 0.15) is 18.9 Å². The number of benzene rings is 1. The highest BCUT2D eigenvalue weighted by molar-refractivity contribution is 7.89. The predicted octanol–water partition coefficient (Wildman–Crippen LogP) is 2.09. The molecule has 2 aromatic rings.